The Morgan fingerprint density at radius 2 is 2.13 bits per heavy atom. The molecule has 7 nitrogen and oxygen atoms in total. The number of aromatic nitrogens is 3. The van der Waals surface area contributed by atoms with Gasteiger partial charge in [-0.25, -0.2) is 9.50 Å². The van der Waals surface area contributed by atoms with E-state index in [0.717, 1.165) is 25.0 Å². The van der Waals surface area contributed by atoms with Crippen LogP contribution in [0.3, 0.4) is 0 Å². The Balaban J connectivity index is 2.42. The van der Waals surface area contributed by atoms with E-state index in [1.165, 1.54) is 12.4 Å². The number of unbranched alkanes of at least 4 members (excludes halogenated alkanes) is 1. The van der Waals surface area contributed by atoms with Crippen LogP contribution in [-0.4, -0.2) is 32.3 Å². The maximum absolute atomic E-state index is 12.3. The number of carbonyl (C=O) groups excluding carboxylic acids is 1. The molecule has 2 heterocycles. The summed E-state index contributed by atoms with van der Waals surface area (Å²) in [5, 5.41) is 14.5. The van der Waals surface area contributed by atoms with Gasteiger partial charge in [0.1, 0.15) is 17.3 Å². The molecule has 0 amide bonds. The standard InChI is InChI=1S/C16H21N3O4/c1-3-5-6-11-9-13(21)15(16-17-10-18-19(11)16)12(20)7-8-14(22)23-4-2/h9-10,20H,3-8H2,1-2H3. The predicted octanol–water partition coefficient (Wildman–Crippen LogP) is 1.16. The molecule has 0 aromatic carbocycles. The summed E-state index contributed by atoms with van der Waals surface area (Å²) in [6, 6.07) is 1.48. The van der Waals surface area contributed by atoms with Crippen LogP contribution in [0.25, 0.3) is 11.4 Å². The minimum absolute atomic E-state index is 0.0109. The maximum Gasteiger partial charge on any atom is 0.306 e. The first-order chi connectivity index (χ1) is 11.1. The van der Waals surface area contributed by atoms with Gasteiger partial charge in [0.2, 0.25) is 0 Å². The number of ether oxygens (including phenoxy) is 1. The Labute approximate surface area is 133 Å². The Morgan fingerprint density at radius 3 is 2.83 bits per heavy atom. The van der Waals surface area contributed by atoms with Gasteiger partial charge in [0, 0.05) is 18.2 Å². The SMILES string of the molecule is CCCCc1cc(=O)c(=C(O)CCC(=O)OCC)c2ncnn12. The highest BCUT2D eigenvalue weighted by Gasteiger charge is 2.12. The quantitative estimate of drug-likeness (QED) is 0.770. The number of pyridine rings is 1. The molecule has 0 saturated carbocycles. The van der Waals surface area contributed by atoms with E-state index in [2.05, 4.69) is 17.0 Å². The molecule has 2 aromatic heterocycles. The summed E-state index contributed by atoms with van der Waals surface area (Å²) >= 11 is 0. The number of hydrogen-bond donors (Lipinski definition) is 1. The Kier molecular flexibility index (Phi) is 5.67. The van der Waals surface area contributed by atoms with Crippen molar-refractivity contribution in [3.05, 3.63) is 33.5 Å². The third-order valence-corrected chi connectivity index (χ3v) is 3.53. The van der Waals surface area contributed by atoms with Crippen molar-refractivity contribution >= 4 is 17.4 Å². The first kappa shape index (κ1) is 16.9. The van der Waals surface area contributed by atoms with Gasteiger partial charge < -0.3 is 9.84 Å². The molecule has 124 valence electrons. The van der Waals surface area contributed by atoms with Crippen LogP contribution in [0.2, 0.25) is 0 Å². The van der Waals surface area contributed by atoms with Crippen LogP contribution in [0.4, 0.5) is 0 Å². The second-order valence-corrected chi connectivity index (χ2v) is 5.23. The molecule has 23 heavy (non-hydrogen) atoms. The Hall–Kier alpha value is -2.44. The molecule has 0 radical (unpaired) electrons. The summed E-state index contributed by atoms with van der Waals surface area (Å²) in [5.74, 6) is -0.577. The van der Waals surface area contributed by atoms with E-state index in [4.69, 9.17) is 4.74 Å². The first-order valence-electron chi connectivity index (χ1n) is 7.81. The lowest BCUT2D eigenvalue weighted by Gasteiger charge is -2.05. The molecule has 0 bridgehead atoms. The fourth-order valence-corrected chi connectivity index (χ4v) is 2.40. The number of esters is 1. The number of aryl methyl sites for hydroxylation is 1. The fourth-order valence-electron chi connectivity index (χ4n) is 2.40. The van der Waals surface area contributed by atoms with Crippen molar-refractivity contribution in [3.8, 4) is 0 Å². The molecule has 0 aliphatic carbocycles. The topological polar surface area (TPSA) is 93.8 Å². The zero-order valence-corrected chi connectivity index (χ0v) is 13.4. The highest BCUT2D eigenvalue weighted by molar-refractivity contribution is 5.70. The molecule has 0 unspecified atom stereocenters. The summed E-state index contributed by atoms with van der Waals surface area (Å²) < 4.78 is 6.40. The van der Waals surface area contributed by atoms with Crippen molar-refractivity contribution < 1.29 is 14.6 Å². The summed E-state index contributed by atoms with van der Waals surface area (Å²) in [5.41, 5.74) is 0.786. The van der Waals surface area contributed by atoms with E-state index < -0.39 is 5.97 Å². The van der Waals surface area contributed by atoms with E-state index in [1.54, 1.807) is 11.4 Å². The lowest BCUT2D eigenvalue weighted by molar-refractivity contribution is -0.143. The molecule has 0 fully saturated rings. The normalized spacial score (nSPS) is 12.4. The van der Waals surface area contributed by atoms with Gasteiger partial charge in [-0.05, 0) is 19.8 Å². The maximum atomic E-state index is 12.3. The van der Waals surface area contributed by atoms with Crippen molar-refractivity contribution in [1.29, 1.82) is 0 Å². The van der Waals surface area contributed by atoms with Gasteiger partial charge in [-0.3, -0.25) is 9.59 Å². The van der Waals surface area contributed by atoms with E-state index in [9.17, 15) is 14.7 Å². The predicted molar refractivity (Wildman–Crippen MR) is 85.0 cm³/mol. The van der Waals surface area contributed by atoms with Gasteiger partial charge in [-0.1, -0.05) is 13.3 Å². The van der Waals surface area contributed by atoms with Gasteiger partial charge in [-0.2, -0.15) is 5.10 Å². The van der Waals surface area contributed by atoms with Gasteiger partial charge in [0.25, 0.3) is 0 Å². The van der Waals surface area contributed by atoms with Crippen LogP contribution < -0.4 is 10.6 Å². The van der Waals surface area contributed by atoms with Crippen LogP contribution in [-0.2, 0) is 16.0 Å². The van der Waals surface area contributed by atoms with Crippen LogP contribution >= 0.6 is 0 Å². The average molecular weight is 319 g/mol. The molecule has 0 aliphatic heterocycles. The zero-order valence-electron chi connectivity index (χ0n) is 13.4. The summed E-state index contributed by atoms with van der Waals surface area (Å²) in [6.07, 6.45) is 4.05. The van der Waals surface area contributed by atoms with Gasteiger partial charge in [0.15, 0.2) is 11.1 Å². The largest absolute Gasteiger partial charge is 0.511 e. The summed E-state index contributed by atoms with van der Waals surface area (Å²) in [7, 11) is 0. The smallest absolute Gasteiger partial charge is 0.306 e. The number of carbonyl (C=O) groups is 1. The molecule has 0 aliphatic rings. The monoisotopic (exact) mass is 319 g/mol. The minimum Gasteiger partial charge on any atom is -0.511 e. The molecule has 0 spiro atoms. The van der Waals surface area contributed by atoms with Crippen molar-refractivity contribution in [2.24, 2.45) is 0 Å². The third kappa shape index (κ3) is 3.85. The summed E-state index contributed by atoms with van der Waals surface area (Å²) in [4.78, 5) is 27.8. The van der Waals surface area contributed by atoms with E-state index in [1.807, 2.05) is 0 Å². The second-order valence-electron chi connectivity index (χ2n) is 5.23. The highest BCUT2D eigenvalue weighted by Crippen LogP contribution is 2.06. The molecule has 2 rings (SSSR count). The molecule has 1 N–H and O–H groups in total. The van der Waals surface area contributed by atoms with E-state index in [0.29, 0.717) is 5.65 Å². The lowest BCUT2D eigenvalue weighted by Crippen LogP contribution is -2.31. The average Bonchev–Trinajstić information content (AvgIpc) is 3.00. The fraction of sp³-hybridized carbons (Fsp3) is 0.500. The van der Waals surface area contributed by atoms with E-state index in [-0.39, 0.29) is 35.9 Å². The van der Waals surface area contributed by atoms with Crippen LogP contribution in [0, 0.1) is 0 Å². The number of hydrogen-bond acceptors (Lipinski definition) is 6. The molecular weight excluding hydrogens is 298 g/mol. The van der Waals surface area contributed by atoms with E-state index >= 15 is 0 Å². The molecule has 0 saturated heterocycles. The van der Waals surface area contributed by atoms with Crippen LogP contribution in [0.1, 0.15) is 45.2 Å². The summed E-state index contributed by atoms with van der Waals surface area (Å²) in [6.45, 7) is 4.07. The zero-order chi connectivity index (χ0) is 16.8. The number of aliphatic hydroxyl groups excluding tert-OH is 1. The first-order valence-corrected chi connectivity index (χ1v) is 7.81. The van der Waals surface area contributed by atoms with Crippen molar-refractivity contribution in [2.45, 2.75) is 46.0 Å². The van der Waals surface area contributed by atoms with Crippen molar-refractivity contribution in [1.82, 2.24) is 14.6 Å². The van der Waals surface area contributed by atoms with Gasteiger partial charge in [0.05, 0.1) is 13.0 Å². The van der Waals surface area contributed by atoms with Crippen LogP contribution in [0.5, 0.6) is 0 Å². The molecule has 2 aromatic rings. The van der Waals surface area contributed by atoms with Gasteiger partial charge in [-0.15, -0.1) is 0 Å². The second kappa shape index (κ2) is 7.71. The Bertz CT molecular complexity index is 797. The number of nitrogens with zero attached hydrogens (tertiary/aromatic N) is 3. The van der Waals surface area contributed by atoms with Crippen molar-refractivity contribution in [2.75, 3.05) is 6.61 Å². The molecular formula is C16H21N3O4. The highest BCUT2D eigenvalue weighted by atomic mass is 16.5. The van der Waals surface area contributed by atoms with Crippen molar-refractivity contribution in [3.63, 3.8) is 0 Å². The Morgan fingerprint density at radius 1 is 1.35 bits per heavy atom. The molecule has 0 atom stereocenters. The minimum atomic E-state index is -0.413. The number of aliphatic hydroxyl groups is 1. The van der Waals surface area contributed by atoms with Crippen LogP contribution in [0.15, 0.2) is 17.2 Å². The molecule has 7 heteroatoms. The van der Waals surface area contributed by atoms with Gasteiger partial charge >= 0.3 is 5.97 Å². The lowest BCUT2D eigenvalue weighted by atomic mass is 10.1. The third-order valence-electron chi connectivity index (χ3n) is 3.53. The number of fused-ring (bicyclic) bond motifs is 1. The number of rotatable bonds is 7.